The largest absolute Gasteiger partial charge is 0.428 e. The third-order valence-corrected chi connectivity index (χ3v) is 9.13. The highest BCUT2D eigenvalue weighted by molar-refractivity contribution is 6.29. The highest BCUT2D eigenvalue weighted by Gasteiger charge is 2.70. The van der Waals surface area contributed by atoms with Crippen LogP contribution in [0, 0.1) is 23.3 Å². The fraction of sp³-hybridized carbons (Fsp3) is 0.158. The van der Waals surface area contributed by atoms with E-state index < -0.39 is 53.6 Å². The molecule has 8 aromatic rings. The first-order valence-electron chi connectivity index (χ1n) is 17.7. The first-order chi connectivity index (χ1) is 29.9. The zero-order valence-electron chi connectivity index (χ0n) is 31.3. The number of hydrogen-bond donors (Lipinski definition) is 2. The molecule has 326 valence electrons. The third-order valence-electron chi connectivity index (χ3n) is 8.87. The minimum Gasteiger partial charge on any atom is -0.372 e. The molecule has 63 heavy (non-hydrogen) atoms. The first kappa shape index (κ1) is 43.9. The minimum atomic E-state index is -6.12. The highest BCUT2D eigenvalue weighted by atomic mass is 35.5. The molecule has 0 radical (unpaired) electrons. The van der Waals surface area contributed by atoms with Crippen molar-refractivity contribution in [2.24, 2.45) is 0 Å². The van der Waals surface area contributed by atoms with Gasteiger partial charge in [-0.1, -0.05) is 58.3 Å². The molecule has 0 aliphatic rings. The Bertz CT molecular complexity index is 2820. The van der Waals surface area contributed by atoms with Gasteiger partial charge < -0.3 is 19.5 Å². The fourth-order valence-corrected chi connectivity index (χ4v) is 5.76. The molecule has 2 N–H and O–H groups in total. The van der Waals surface area contributed by atoms with Gasteiger partial charge in [-0.15, -0.1) is 0 Å². The lowest BCUT2D eigenvalue weighted by molar-refractivity contribution is -0.362. The molecule has 0 aliphatic heterocycles. The molecular weight excluding hydrogens is 884 g/mol. The topological polar surface area (TPSA) is 172 Å². The average molecular weight is 908 g/mol. The number of rotatable bonds is 11. The standard InChI is InChI=1S/C21H14F8N6O2.C17H10ClF2N5O/c22-12-4-2-1-3-11(12)9-35-16(14-5-6-37-34-14)7-15(33-35)18-30-8-13(23)17(32-18)31-10-19(36,20(24,25)26)21(27,28)29;18-16-12(20)8-21-17(22-16)14-7-15(13-5-6-26-24-13)25(23-14)9-10-3-1-2-4-11(10)19/h1-8,36H,9-10H2,(H,30,31,32);1-8H,9H2. The normalized spacial score (nSPS) is 12.0. The number of nitrogens with zero attached hydrogens (tertiary/aromatic N) is 10. The maximum Gasteiger partial charge on any atom is 0.428 e. The Hall–Kier alpha value is -7.21. The molecule has 0 saturated heterocycles. The van der Waals surface area contributed by atoms with Crippen molar-refractivity contribution in [3.63, 3.8) is 0 Å². The van der Waals surface area contributed by atoms with E-state index in [4.69, 9.17) is 20.6 Å². The summed E-state index contributed by atoms with van der Waals surface area (Å²) in [5.41, 5.74) is -2.67. The summed E-state index contributed by atoms with van der Waals surface area (Å²) in [5.74, 6) is -4.31. The van der Waals surface area contributed by atoms with Crippen molar-refractivity contribution in [3.8, 4) is 45.8 Å². The molecule has 8 rings (SSSR count). The van der Waals surface area contributed by atoms with Crippen molar-refractivity contribution in [2.45, 2.75) is 31.0 Å². The molecule has 2 aromatic carbocycles. The number of aliphatic hydroxyl groups is 1. The van der Waals surface area contributed by atoms with E-state index >= 15 is 0 Å². The summed E-state index contributed by atoms with van der Waals surface area (Å²) < 4.78 is 146. The van der Waals surface area contributed by atoms with Gasteiger partial charge in [0.1, 0.15) is 46.9 Å². The lowest BCUT2D eigenvalue weighted by atomic mass is 10.0. The summed E-state index contributed by atoms with van der Waals surface area (Å²) >= 11 is 5.72. The number of aromatic nitrogens is 10. The number of nitrogens with one attached hydrogen (secondary N) is 1. The Kier molecular flexibility index (Phi) is 12.3. The first-order valence-corrected chi connectivity index (χ1v) is 18.0. The van der Waals surface area contributed by atoms with Gasteiger partial charge in [0, 0.05) is 23.3 Å². The van der Waals surface area contributed by atoms with E-state index in [9.17, 15) is 49.0 Å². The van der Waals surface area contributed by atoms with E-state index in [0.29, 0.717) is 28.8 Å². The summed E-state index contributed by atoms with van der Waals surface area (Å²) in [6, 6.07) is 18.2. The van der Waals surface area contributed by atoms with Crippen LogP contribution in [0.5, 0.6) is 0 Å². The van der Waals surface area contributed by atoms with Gasteiger partial charge in [-0.2, -0.15) is 36.5 Å². The van der Waals surface area contributed by atoms with Crippen molar-refractivity contribution in [1.29, 1.82) is 0 Å². The van der Waals surface area contributed by atoms with Crippen LogP contribution in [0.1, 0.15) is 11.1 Å². The van der Waals surface area contributed by atoms with Crippen molar-refractivity contribution < 1.29 is 58.1 Å². The Labute approximate surface area is 350 Å². The second kappa shape index (κ2) is 17.6. The molecule has 14 nitrogen and oxygen atoms in total. The lowest BCUT2D eigenvalue weighted by Crippen LogP contribution is -2.61. The second-order valence-electron chi connectivity index (χ2n) is 13.0. The third kappa shape index (κ3) is 9.50. The maximum absolute atomic E-state index is 14.2. The molecule has 0 atom stereocenters. The summed E-state index contributed by atoms with van der Waals surface area (Å²) in [4.78, 5) is 15.1. The molecule has 0 bridgehead atoms. The summed E-state index contributed by atoms with van der Waals surface area (Å²) in [7, 11) is 0. The van der Waals surface area contributed by atoms with Crippen molar-refractivity contribution in [1.82, 2.24) is 49.8 Å². The molecule has 0 aliphatic carbocycles. The summed E-state index contributed by atoms with van der Waals surface area (Å²) in [6.45, 7) is -2.14. The van der Waals surface area contributed by atoms with Crippen LogP contribution in [0.3, 0.4) is 0 Å². The molecular formula is C38H24ClF10N11O3. The summed E-state index contributed by atoms with van der Waals surface area (Å²) in [6.07, 6.45) is -8.12. The van der Waals surface area contributed by atoms with Gasteiger partial charge in [0.2, 0.25) is 0 Å². The van der Waals surface area contributed by atoms with Crippen LogP contribution in [-0.2, 0) is 13.1 Å². The Morgan fingerprint density at radius 3 is 1.49 bits per heavy atom. The predicted octanol–water partition coefficient (Wildman–Crippen LogP) is 8.56. The number of alkyl halides is 6. The van der Waals surface area contributed by atoms with Crippen LogP contribution in [0.4, 0.5) is 49.7 Å². The SMILES string of the molecule is Fc1ccccc1Cn1nc(-c2ncc(F)c(Cl)n2)cc1-c1ccon1.OC(CNc1nc(-c2cc(-c3ccon3)n(Cc3ccccc3F)n2)ncc1F)(C(F)(F)F)C(F)(F)F. The molecule has 0 fully saturated rings. The van der Waals surface area contributed by atoms with E-state index in [1.807, 2.05) is 0 Å². The van der Waals surface area contributed by atoms with Gasteiger partial charge in [0.25, 0.3) is 5.60 Å². The van der Waals surface area contributed by atoms with Gasteiger partial charge in [0.15, 0.2) is 34.3 Å². The van der Waals surface area contributed by atoms with Crippen molar-refractivity contribution >= 4 is 17.4 Å². The van der Waals surface area contributed by atoms with Gasteiger partial charge in [-0.25, -0.2) is 37.5 Å². The van der Waals surface area contributed by atoms with Gasteiger partial charge in [-0.05, 0) is 24.3 Å². The zero-order valence-corrected chi connectivity index (χ0v) is 32.0. The molecule has 0 spiro atoms. The summed E-state index contributed by atoms with van der Waals surface area (Å²) in [5, 5.41) is 26.8. The molecule has 6 heterocycles. The van der Waals surface area contributed by atoms with Crippen molar-refractivity contribution in [2.75, 3.05) is 11.9 Å². The van der Waals surface area contributed by atoms with E-state index in [-0.39, 0.29) is 52.5 Å². The van der Waals surface area contributed by atoms with Crippen LogP contribution in [0.15, 0.2) is 107 Å². The molecule has 6 aromatic heterocycles. The maximum atomic E-state index is 14.2. The van der Waals surface area contributed by atoms with Crippen LogP contribution < -0.4 is 5.32 Å². The van der Waals surface area contributed by atoms with E-state index in [0.717, 1.165) is 6.20 Å². The number of benzene rings is 2. The zero-order chi connectivity index (χ0) is 45.1. The Morgan fingerprint density at radius 2 is 1.06 bits per heavy atom. The molecule has 25 heteroatoms. The van der Waals surface area contributed by atoms with Gasteiger partial charge in [-0.3, -0.25) is 9.36 Å². The Morgan fingerprint density at radius 1 is 0.603 bits per heavy atom. The highest BCUT2D eigenvalue weighted by Crippen LogP contribution is 2.43. The second-order valence-corrected chi connectivity index (χ2v) is 13.4. The van der Waals surface area contributed by atoms with Crippen LogP contribution in [0.25, 0.3) is 45.8 Å². The minimum absolute atomic E-state index is 0.0979. The monoisotopic (exact) mass is 907 g/mol. The predicted molar refractivity (Wildman–Crippen MR) is 199 cm³/mol. The van der Waals surface area contributed by atoms with Crippen LogP contribution in [0.2, 0.25) is 5.15 Å². The number of halogens is 11. The lowest BCUT2D eigenvalue weighted by Gasteiger charge is -2.32. The average Bonchev–Trinajstić information content (AvgIpc) is 4.08. The Balaban J connectivity index is 0.000000200. The fourth-order valence-electron chi connectivity index (χ4n) is 5.63. The number of anilines is 1. The smallest absolute Gasteiger partial charge is 0.372 e. The van der Waals surface area contributed by atoms with E-state index in [1.54, 1.807) is 46.4 Å². The van der Waals surface area contributed by atoms with E-state index in [2.05, 4.69) is 40.4 Å². The molecule has 0 amide bonds. The van der Waals surface area contributed by atoms with Crippen LogP contribution >= 0.6 is 11.6 Å². The quantitative estimate of drug-likeness (QED) is 0.0938. The molecule has 0 unspecified atom stereocenters. The molecule has 0 saturated carbocycles. The van der Waals surface area contributed by atoms with Crippen molar-refractivity contribution in [3.05, 3.63) is 137 Å². The van der Waals surface area contributed by atoms with Crippen LogP contribution in [-0.4, -0.2) is 79.4 Å². The van der Waals surface area contributed by atoms with Gasteiger partial charge in [0.05, 0.1) is 43.4 Å². The van der Waals surface area contributed by atoms with Gasteiger partial charge >= 0.3 is 12.4 Å². The van der Waals surface area contributed by atoms with E-state index in [1.165, 1.54) is 53.6 Å². The number of hydrogen-bond acceptors (Lipinski definition) is 12.